The first-order valence-corrected chi connectivity index (χ1v) is 7.18. The average molecular weight is 354 g/mol. The van der Waals surface area contributed by atoms with Crippen LogP contribution in [0.25, 0.3) is 11.0 Å². The molecular formula is C17H21Cl2N3O. The van der Waals surface area contributed by atoms with Crippen molar-refractivity contribution in [1.29, 1.82) is 0 Å². The molecule has 3 aromatic rings. The third-order valence-corrected chi connectivity index (χ3v) is 3.45. The zero-order chi connectivity index (χ0) is 14.7. The summed E-state index contributed by atoms with van der Waals surface area (Å²) in [7, 11) is 0. The second-order valence-corrected chi connectivity index (χ2v) is 5.03. The monoisotopic (exact) mass is 353 g/mol. The molecule has 0 fully saturated rings. The van der Waals surface area contributed by atoms with Crippen LogP contribution in [-0.4, -0.2) is 16.6 Å². The van der Waals surface area contributed by atoms with Crippen molar-refractivity contribution in [3.63, 3.8) is 0 Å². The van der Waals surface area contributed by atoms with Crippen molar-refractivity contribution in [3.05, 3.63) is 59.9 Å². The molecule has 1 aromatic heterocycles. The van der Waals surface area contributed by atoms with Gasteiger partial charge in [-0.3, -0.25) is 0 Å². The van der Waals surface area contributed by atoms with Crippen LogP contribution in [0.2, 0.25) is 0 Å². The number of imidazole rings is 1. The van der Waals surface area contributed by atoms with Crippen molar-refractivity contribution in [1.82, 2.24) is 9.97 Å². The van der Waals surface area contributed by atoms with Gasteiger partial charge in [0.2, 0.25) is 0 Å². The number of halogens is 2. The Morgan fingerprint density at radius 1 is 1.09 bits per heavy atom. The second-order valence-electron chi connectivity index (χ2n) is 5.03. The normalized spacial score (nSPS) is 11.4. The van der Waals surface area contributed by atoms with Gasteiger partial charge in [-0.05, 0) is 43.2 Å². The minimum absolute atomic E-state index is 0. The quantitative estimate of drug-likeness (QED) is 0.727. The molecule has 1 heterocycles. The number of para-hydroxylation sites is 2. The van der Waals surface area contributed by atoms with Gasteiger partial charge < -0.3 is 15.5 Å². The number of nitrogens with one attached hydrogen (secondary N) is 1. The van der Waals surface area contributed by atoms with Gasteiger partial charge in [-0.15, -0.1) is 24.8 Å². The van der Waals surface area contributed by atoms with E-state index in [4.69, 9.17) is 10.5 Å². The molecular weight excluding hydrogens is 333 g/mol. The second kappa shape index (κ2) is 8.77. The fourth-order valence-corrected chi connectivity index (χ4v) is 2.39. The van der Waals surface area contributed by atoms with Crippen molar-refractivity contribution >= 4 is 35.8 Å². The highest BCUT2D eigenvalue weighted by molar-refractivity contribution is 5.85. The van der Waals surface area contributed by atoms with E-state index < -0.39 is 0 Å². The Balaban J connectivity index is 0.00000132. The molecule has 0 unspecified atom stereocenters. The number of fused-ring (bicyclic) bond motifs is 1. The molecule has 6 heteroatoms. The fraction of sp³-hybridized carbons (Fsp3) is 0.235. The van der Waals surface area contributed by atoms with Gasteiger partial charge >= 0.3 is 0 Å². The van der Waals surface area contributed by atoms with E-state index in [0.717, 1.165) is 29.0 Å². The lowest BCUT2D eigenvalue weighted by atomic mass is 10.1. The smallest absolute Gasteiger partial charge is 0.124 e. The third-order valence-electron chi connectivity index (χ3n) is 3.45. The molecule has 0 saturated carbocycles. The van der Waals surface area contributed by atoms with Gasteiger partial charge in [0.1, 0.15) is 11.6 Å². The third kappa shape index (κ3) is 4.61. The number of rotatable bonds is 5. The number of nitrogens with zero attached hydrogens (tertiary/aromatic N) is 1. The van der Waals surface area contributed by atoms with Crippen molar-refractivity contribution in [2.24, 2.45) is 5.73 Å². The number of hydrogen-bond donors (Lipinski definition) is 2. The minimum Gasteiger partial charge on any atom is -0.494 e. The maximum Gasteiger partial charge on any atom is 0.124 e. The maximum atomic E-state index is 6.26. The highest BCUT2D eigenvalue weighted by atomic mass is 35.5. The van der Waals surface area contributed by atoms with Crippen molar-refractivity contribution < 1.29 is 4.74 Å². The van der Waals surface area contributed by atoms with Crippen LogP contribution >= 0.6 is 24.8 Å². The summed E-state index contributed by atoms with van der Waals surface area (Å²) >= 11 is 0. The Labute approximate surface area is 148 Å². The first-order chi connectivity index (χ1) is 10.3. The summed E-state index contributed by atoms with van der Waals surface area (Å²) < 4.78 is 5.44. The summed E-state index contributed by atoms with van der Waals surface area (Å²) in [6.07, 6.45) is 0.742. The summed E-state index contributed by atoms with van der Waals surface area (Å²) in [5.74, 6) is 1.71. The van der Waals surface area contributed by atoms with Crippen LogP contribution in [0.4, 0.5) is 0 Å². The van der Waals surface area contributed by atoms with E-state index in [-0.39, 0.29) is 30.9 Å². The minimum atomic E-state index is -0.143. The van der Waals surface area contributed by atoms with Gasteiger partial charge in [-0.1, -0.05) is 24.3 Å². The molecule has 3 N–H and O–H groups in total. The van der Waals surface area contributed by atoms with Crippen LogP contribution in [-0.2, 0) is 6.42 Å². The number of aromatic nitrogens is 2. The first kappa shape index (κ1) is 19.3. The fourth-order valence-electron chi connectivity index (χ4n) is 2.39. The predicted octanol–water partition coefficient (Wildman–Crippen LogP) is 4.05. The van der Waals surface area contributed by atoms with Crippen LogP contribution in [0.1, 0.15) is 24.4 Å². The Kier molecular flexibility index (Phi) is 7.36. The number of aromatic amines is 1. The molecule has 1 atom stereocenters. The lowest BCUT2D eigenvalue weighted by molar-refractivity contribution is 0.340. The highest BCUT2D eigenvalue weighted by Gasteiger charge is 2.12. The number of nitrogens with two attached hydrogens (primary N) is 1. The van der Waals surface area contributed by atoms with E-state index in [1.54, 1.807) is 0 Å². The van der Waals surface area contributed by atoms with Gasteiger partial charge in [0, 0.05) is 0 Å². The summed E-state index contributed by atoms with van der Waals surface area (Å²) in [5.41, 5.74) is 9.41. The molecule has 0 radical (unpaired) electrons. The van der Waals surface area contributed by atoms with E-state index in [9.17, 15) is 0 Å². The molecule has 23 heavy (non-hydrogen) atoms. The van der Waals surface area contributed by atoms with Gasteiger partial charge in [0.25, 0.3) is 0 Å². The molecule has 124 valence electrons. The van der Waals surface area contributed by atoms with Crippen molar-refractivity contribution in [2.45, 2.75) is 19.4 Å². The van der Waals surface area contributed by atoms with Crippen LogP contribution in [0.5, 0.6) is 5.75 Å². The van der Waals surface area contributed by atoms with Gasteiger partial charge in [0.05, 0.1) is 23.7 Å². The Bertz CT molecular complexity index is 695. The standard InChI is InChI=1S/C17H19N3O.2ClH/c1-2-21-13-9-7-12(8-10-13)11-14(18)17-19-15-5-3-4-6-16(15)20-17;;/h3-10,14H,2,11,18H2,1H3,(H,19,20);2*1H/t14-;;/m1../s1. The molecule has 0 aliphatic carbocycles. The highest BCUT2D eigenvalue weighted by Crippen LogP contribution is 2.19. The van der Waals surface area contributed by atoms with Crippen molar-refractivity contribution in [3.8, 4) is 5.75 Å². The maximum absolute atomic E-state index is 6.26. The van der Waals surface area contributed by atoms with Crippen LogP contribution < -0.4 is 10.5 Å². The molecule has 2 aromatic carbocycles. The molecule has 0 bridgehead atoms. The Morgan fingerprint density at radius 3 is 2.43 bits per heavy atom. The lowest BCUT2D eigenvalue weighted by Gasteiger charge is -2.09. The topological polar surface area (TPSA) is 63.9 Å². The van der Waals surface area contributed by atoms with Gasteiger partial charge in [0.15, 0.2) is 0 Å². The van der Waals surface area contributed by atoms with Gasteiger partial charge in [-0.2, -0.15) is 0 Å². The molecule has 0 amide bonds. The first-order valence-electron chi connectivity index (χ1n) is 7.18. The van der Waals surface area contributed by atoms with E-state index in [2.05, 4.69) is 9.97 Å². The molecule has 0 saturated heterocycles. The predicted molar refractivity (Wildman–Crippen MR) is 98.8 cm³/mol. The van der Waals surface area contributed by atoms with Crippen LogP contribution in [0.15, 0.2) is 48.5 Å². The zero-order valence-corrected chi connectivity index (χ0v) is 14.5. The van der Waals surface area contributed by atoms with E-state index in [1.807, 2.05) is 55.5 Å². The lowest BCUT2D eigenvalue weighted by Crippen LogP contribution is -2.14. The summed E-state index contributed by atoms with van der Waals surface area (Å²) in [6.45, 7) is 2.66. The summed E-state index contributed by atoms with van der Waals surface area (Å²) in [4.78, 5) is 7.84. The Morgan fingerprint density at radius 2 is 1.78 bits per heavy atom. The average Bonchev–Trinajstić information content (AvgIpc) is 2.94. The molecule has 4 nitrogen and oxygen atoms in total. The molecule has 0 spiro atoms. The Hall–Kier alpha value is -1.75. The number of H-pyrrole nitrogens is 1. The number of ether oxygens (including phenoxy) is 1. The largest absolute Gasteiger partial charge is 0.494 e. The van der Waals surface area contributed by atoms with Crippen LogP contribution in [0.3, 0.4) is 0 Å². The summed E-state index contributed by atoms with van der Waals surface area (Å²) in [5, 5.41) is 0. The van der Waals surface area contributed by atoms with E-state index in [0.29, 0.717) is 6.61 Å². The number of benzene rings is 2. The molecule has 0 aliphatic rings. The summed E-state index contributed by atoms with van der Waals surface area (Å²) in [6, 6.07) is 15.9. The number of hydrogen-bond acceptors (Lipinski definition) is 3. The van der Waals surface area contributed by atoms with E-state index in [1.165, 1.54) is 5.56 Å². The van der Waals surface area contributed by atoms with E-state index >= 15 is 0 Å². The van der Waals surface area contributed by atoms with Crippen LogP contribution in [0, 0.1) is 0 Å². The molecule has 0 aliphatic heterocycles. The SMILES string of the molecule is CCOc1ccc(C[C@@H](N)c2nc3ccccc3[nH]2)cc1.Cl.Cl. The molecule has 3 rings (SSSR count). The van der Waals surface area contributed by atoms with Crippen molar-refractivity contribution in [2.75, 3.05) is 6.61 Å². The van der Waals surface area contributed by atoms with Gasteiger partial charge in [-0.25, -0.2) is 4.98 Å². The zero-order valence-electron chi connectivity index (χ0n) is 12.9.